The molecule has 0 spiro atoms. The Kier molecular flexibility index (Phi) is 4.59. The van der Waals surface area contributed by atoms with Crippen molar-refractivity contribution >= 4 is 44.0 Å². The second-order valence-corrected chi connectivity index (χ2v) is 8.32. The van der Waals surface area contributed by atoms with Gasteiger partial charge < -0.3 is 0 Å². The van der Waals surface area contributed by atoms with Crippen LogP contribution in [0.2, 0.25) is 0 Å². The SMILES string of the molecule is Cc1nc(C)c(CNS(=O)(=O)c2ccc(I)cc2)s1. The van der Waals surface area contributed by atoms with Gasteiger partial charge in [0.25, 0.3) is 0 Å². The van der Waals surface area contributed by atoms with Crippen molar-refractivity contribution in [3.63, 3.8) is 0 Å². The molecule has 1 heterocycles. The minimum Gasteiger partial charge on any atom is -0.247 e. The largest absolute Gasteiger partial charge is 0.247 e. The molecule has 4 nitrogen and oxygen atoms in total. The number of nitrogens with one attached hydrogen (secondary N) is 1. The number of sulfonamides is 1. The molecule has 0 aliphatic carbocycles. The predicted molar refractivity (Wildman–Crippen MR) is 84.8 cm³/mol. The van der Waals surface area contributed by atoms with Crippen LogP contribution >= 0.6 is 33.9 Å². The van der Waals surface area contributed by atoms with Crippen molar-refractivity contribution in [3.8, 4) is 0 Å². The number of nitrogens with zero attached hydrogens (tertiary/aromatic N) is 1. The summed E-state index contributed by atoms with van der Waals surface area (Å²) in [5, 5.41) is 0.945. The maximum atomic E-state index is 12.1. The predicted octanol–water partition coefficient (Wildman–Crippen LogP) is 2.84. The molecule has 1 aromatic heterocycles. The van der Waals surface area contributed by atoms with E-state index in [-0.39, 0.29) is 11.4 Å². The highest BCUT2D eigenvalue weighted by Crippen LogP contribution is 2.18. The maximum Gasteiger partial charge on any atom is 0.240 e. The zero-order valence-electron chi connectivity index (χ0n) is 10.5. The first-order valence-electron chi connectivity index (χ1n) is 5.56. The van der Waals surface area contributed by atoms with Crippen molar-refractivity contribution in [2.45, 2.75) is 25.3 Å². The molecule has 0 unspecified atom stereocenters. The summed E-state index contributed by atoms with van der Waals surface area (Å²) in [6.45, 7) is 4.08. The first-order chi connectivity index (χ1) is 8.88. The highest BCUT2D eigenvalue weighted by atomic mass is 127. The number of rotatable bonds is 4. The van der Waals surface area contributed by atoms with E-state index < -0.39 is 10.0 Å². The molecular weight excluding hydrogens is 395 g/mol. The van der Waals surface area contributed by atoms with E-state index in [1.54, 1.807) is 24.3 Å². The van der Waals surface area contributed by atoms with Crippen molar-refractivity contribution < 1.29 is 8.42 Å². The molecule has 1 N–H and O–H groups in total. The highest BCUT2D eigenvalue weighted by Gasteiger charge is 2.15. The molecule has 0 bridgehead atoms. The van der Waals surface area contributed by atoms with Gasteiger partial charge in [0.1, 0.15) is 0 Å². The van der Waals surface area contributed by atoms with Crippen molar-refractivity contribution in [3.05, 3.63) is 43.4 Å². The van der Waals surface area contributed by atoms with Gasteiger partial charge in [-0.2, -0.15) is 0 Å². The van der Waals surface area contributed by atoms with E-state index in [4.69, 9.17) is 0 Å². The Morgan fingerprint density at radius 1 is 1.26 bits per heavy atom. The van der Waals surface area contributed by atoms with Crippen LogP contribution < -0.4 is 4.72 Å². The van der Waals surface area contributed by atoms with Gasteiger partial charge in [-0.3, -0.25) is 0 Å². The van der Waals surface area contributed by atoms with Crippen LogP contribution in [-0.2, 0) is 16.6 Å². The fourth-order valence-electron chi connectivity index (χ4n) is 1.60. The summed E-state index contributed by atoms with van der Waals surface area (Å²) in [6, 6.07) is 6.76. The summed E-state index contributed by atoms with van der Waals surface area (Å²) in [4.78, 5) is 5.51. The summed E-state index contributed by atoms with van der Waals surface area (Å²) in [6.07, 6.45) is 0. The number of hydrogen-bond acceptors (Lipinski definition) is 4. The Bertz CT molecular complexity index is 678. The fourth-order valence-corrected chi connectivity index (χ4v) is 3.92. The Hall–Kier alpha value is -0.510. The molecule has 0 atom stereocenters. The molecule has 0 amide bonds. The quantitative estimate of drug-likeness (QED) is 0.792. The van der Waals surface area contributed by atoms with Crippen LogP contribution in [0.25, 0.3) is 0 Å². The third-order valence-corrected chi connectivity index (χ3v) is 5.76. The molecule has 0 saturated heterocycles. The van der Waals surface area contributed by atoms with Gasteiger partial charge in [-0.25, -0.2) is 18.1 Å². The van der Waals surface area contributed by atoms with Crippen LogP contribution in [0.15, 0.2) is 29.2 Å². The molecular formula is C12H13IN2O2S2. The molecule has 2 rings (SSSR count). The average Bonchev–Trinajstić information content (AvgIpc) is 2.66. The second-order valence-electron chi connectivity index (χ2n) is 4.02. The average molecular weight is 408 g/mol. The summed E-state index contributed by atoms with van der Waals surface area (Å²) in [7, 11) is -3.46. The number of hydrogen-bond donors (Lipinski definition) is 1. The summed E-state index contributed by atoms with van der Waals surface area (Å²) in [5.74, 6) is 0. The van der Waals surface area contributed by atoms with E-state index in [1.165, 1.54) is 11.3 Å². The van der Waals surface area contributed by atoms with Gasteiger partial charge in [0.05, 0.1) is 15.6 Å². The van der Waals surface area contributed by atoms with E-state index in [0.717, 1.165) is 19.1 Å². The molecule has 7 heteroatoms. The van der Waals surface area contributed by atoms with Crippen molar-refractivity contribution in [2.75, 3.05) is 0 Å². The number of aromatic nitrogens is 1. The maximum absolute atomic E-state index is 12.1. The fraction of sp³-hybridized carbons (Fsp3) is 0.250. The monoisotopic (exact) mass is 408 g/mol. The van der Waals surface area contributed by atoms with E-state index in [0.29, 0.717) is 0 Å². The topological polar surface area (TPSA) is 59.1 Å². The summed E-state index contributed by atoms with van der Waals surface area (Å²) in [5.41, 5.74) is 0.882. The van der Waals surface area contributed by atoms with E-state index in [1.807, 2.05) is 13.8 Å². The Labute approximate surface area is 130 Å². The van der Waals surface area contributed by atoms with Gasteiger partial charge in [-0.15, -0.1) is 11.3 Å². The number of aryl methyl sites for hydroxylation is 2. The van der Waals surface area contributed by atoms with E-state index in [2.05, 4.69) is 32.3 Å². The van der Waals surface area contributed by atoms with Crippen LogP contribution in [0.1, 0.15) is 15.6 Å². The normalized spacial score (nSPS) is 11.7. The Balaban J connectivity index is 2.14. The zero-order valence-corrected chi connectivity index (χ0v) is 14.3. The summed E-state index contributed by atoms with van der Waals surface area (Å²) >= 11 is 3.65. The van der Waals surface area contributed by atoms with Crippen LogP contribution in [0.5, 0.6) is 0 Å². The molecule has 1 aromatic carbocycles. The summed E-state index contributed by atoms with van der Waals surface area (Å²) < 4.78 is 27.8. The van der Waals surface area contributed by atoms with Crippen molar-refractivity contribution in [2.24, 2.45) is 0 Å². The molecule has 0 fully saturated rings. The molecule has 0 radical (unpaired) electrons. The number of halogens is 1. The number of thiazole rings is 1. The van der Waals surface area contributed by atoms with Gasteiger partial charge in [-0.1, -0.05) is 0 Å². The van der Waals surface area contributed by atoms with Crippen molar-refractivity contribution in [1.29, 1.82) is 0 Å². The molecule has 19 heavy (non-hydrogen) atoms. The molecule has 0 aliphatic heterocycles. The van der Waals surface area contributed by atoms with Crippen LogP contribution in [0.4, 0.5) is 0 Å². The first kappa shape index (κ1) is 14.9. The van der Waals surface area contributed by atoms with Gasteiger partial charge >= 0.3 is 0 Å². The zero-order chi connectivity index (χ0) is 14.0. The third-order valence-electron chi connectivity index (χ3n) is 2.55. The number of benzene rings is 1. The van der Waals surface area contributed by atoms with Gasteiger partial charge in [0, 0.05) is 15.0 Å². The molecule has 2 aromatic rings. The van der Waals surface area contributed by atoms with E-state index >= 15 is 0 Å². The lowest BCUT2D eigenvalue weighted by Gasteiger charge is -2.06. The minimum absolute atomic E-state index is 0.283. The Morgan fingerprint density at radius 3 is 2.42 bits per heavy atom. The third kappa shape index (κ3) is 3.74. The van der Waals surface area contributed by atoms with Crippen LogP contribution in [0, 0.1) is 17.4 Å². The standard InChI is InChI=1S/C12H13IN2O2S2/c1-8-12(18-9(2)15-8)7-14-19(16,17)11-5-3-10(13)4-6-11/h3-6,14H,7H2,1-2H3. The minimum atomic E-state index is -3.46. The van der Waals surface area contributed by atoms with Gasteiger partial charge in [0.2, 0.25) is 10.0 Å². The van der Waals surface area contributed by atoms with Crippen LogP contribution in [0.3, 0.4) is 0 Å². The Morgan fingerprint density at radius 2 is 1.89 bits per heavy atom. The molecule has 0 saturated carbocycles. The van der Waals surface area contributed by atoms with Crippen molar-refractivity contribution in [1.82, 2.24) is 9.71 Å². The lowest BCUT2D eigenvalue weighted by Crippen LogP contribution is -2.23. The smallest absolute Gasteiger partial charge is 0.240 e. The lowest BCUT2D eigenvalue weighted by atomic mass is 10.4. The molecule has 102 valence electrons. The van der Waals surface area contributed by atoms with E-state index in [9.17, 15) is 8.42 Å². The van der Waals surface area contributed by atoms with Gasteiger partial charge in [0.15, 0.2) is 0 Å². The van der Waals surface area contributed by atoms with Crippen LogP contribution in [-0.4, -0.2) is 13.4 Å². The highest BCUT2D eigenvalue weighted by molar-refractivity contribution is 14.1. The first-order valence-corrected chi connectivity index (χ1v) is 8.94. The second kappa shape index (κ2) is 5.86. The molecule has 0 aliphatic rings. The van der Waals surface area contributed by atoms with Gasteiger partial charge in [-0.05, 0) is 60.7 Å². The lowest BCUT2D eigenvalue weighted by molar-refractivity contribution is 0.581.